The van der Waals surface area contributed by atoms with Crippen LogP contribution in [-0.4, -0.2) is 55.2 Å². The maximum atomic E-state index is 13.6. The van der Waals surface area contributed by atoms with Gasteiger partial charge in [-0.15, -0.1) is 0 Å². The molecule has 1 N–H and O–H groups in total. The first-order chi connectivity index (χ1) is 7.72. The van der Waals surface area contributed by atoms with Gasteiger partial charge in [0.05, 0.1) is 0 Å². The maximum absolute atomic E-state index is 13.6. The number of rotatable bonds is 3. The van der Waals surface area contributed by atoms with E-state index in [0.29, 0.717) is 31.8 Å². The summed E-state index contributed by atoms with van der Waals surface area (Å²) in [6.07, 6.45) is 4.37. The van der Waals surface area contributed by atoms with Crippen molar-refractivity contribution < 1.29 is 38.3 Å². The van der Waals surface area contributed by atoms with Gasteiger partial charge < -0.3 is 19.9 Å². The van der Waals surface area contributed by atoms with Crippen molar-refractivity contribution in [3.05, 3.63) is 0 Å². The normalized spacial score (nSPS) is 24.7. The molecular formula is C12H20FLiNO3-. The number of piperidine rings is 1. The quantitative estimate of drug-likeness (QED) is 0.437. The summed E-state index contributed by atoms with van der Waals surface area (Å²) in [4.78, 5) is 12.7. The Morgan fingerprint density at radius 1 is 1.28 bits per heavy atom. The molecule has 2 rings (SSSR count). The van der Waals surface area contributed by atoms with Crippen LogP contribution in [0.4, 0.5) is 4.39 Å². The second-order valence-corrected chi connectivity index (χ2v) is 4.92. The molecule has 2 fully saturated rings. The zero-order valence-corrected chi connectivity index (χ0v) is 11.0. The maximum Gasteiger partial charge on any atom is 1.00 e. The summed E-state index contributed by atoms with van der Waals surface area (Å²) < 4.78 is 18.9. The van der Waals surface area contributed by atoms with Gasteiger partial charge in [-0.1, -0.05) is 0 Å². The third kappa shape index (κ3) is 4.98. The Morgan fingerprint density at radius 3 is 2.33 bits per heavy atom. The predicted molar refractivity (Wildman–Crippen MR) is 60.7 cm³/mol. The van der Waals surface area contributed by atoms with Crippen LogP contribution >= 0.6 is 0 Å². The van der Waals surface area contributed by atoms with Crippen LogP contribution < -0.4 is 18.9 Å². The van der Waals surface area contributed by atoms with E-state index in [9.17, 15) is 9.18 Å². The van der Waals surface area contributed by atoms with Gasteiger partial charge in [0.15, 0.2) is 0 Å². The van der Waals surface area contributed by atoms with E-state index in [4.69, 9.17) is 4.74 Å². The Hall–Kier alpha value is 0.0774. The monoisotopic (exact) mass is 252 g/mol. The first kappa shape index (κ1) is 18.1. The van der Waals surface area contributed by atoms with Crippen molar-refractivity contribution in [3.8, 4) is 0 Å². The molecule has 100 valence electrons. The van der Waals surface area contributed by atoms with Crippen LogP contribution in [0.15, 0.2) is 0 Å². The van der Waals surface area contributed by atoms with Crippen molar-refractivity contribution >= 4 is 6.29 Å². The van der Waals surface area contributed by atoms with Crippen molar-refractivity contribution in [1.29, 1.82) is 0 Å². The molecule has 2 aliphatic rings. The minimum atomic E-state index is -1.67. The fourth-order valence-corrected chi connectivity index (χ4v) is 2.49. The zero-order valence-electron chi connectivity index (χ0n) is 11.0. The molecule has 0 aromatic rings. The van der Waals surface area contributed by atoms with Crippen LogP contribution in [0.2, 0.25) is 0 Å². The van der Waals surface area contributed by atoms with Crippen LogP contribution in [0.1, 0.15) is 25.7 Å². The Morgan fingerprint density at radius 2 is 1.83 bits per heavy atom. The predicted octanol–water partition coefficient (Wildman–Crippen LogP) is -1.85. The fraction of sp³-hybridized carbons (Fsp3) is 0.917. The minimum absolute atomic E-state index is 0. The molecule has 0 aromatic heterocycles. The number of halogens is 1. The summed E-state index contributed by atoms with van der Waals surface area (Å²) in [6, 6.07) is 0. The zero-order chi connectivity index (χ0) is 11.4. The van der Waals surface area contributed by atoms with E-state index >= 15 is 0 Å². The molecule has 2 saturated heterocycles. The molecule has 0 unspecified atom stereocenters. The number of likely N-dealkylation sites (tertiary alicyclic amines) is 1. The average Bonchev–Trinajstić information content (AvgIpc) is 2.34. The van der Waals surface area contributed by atoms with Gasteiger partial charge in [-0.3, -0.25) is 4.39 Å². The summed E-state index contributed by atoms with van der Waals surface area (Å²) in [6.45, 7) is 4.10. The summed E-state index contributed by atoms with van der Waals surface area (Å²) in [5, 5.41) is 0. The molecule has 0 radical (unpaired) electrons. The van der Waals surface area contributed by atoms with E-state index in [0.717, 1.165) is 32.6 Å². The van der Waals surface area contributed by atoms with Gasteiger partial charge in [0.2, 0.25) is 0 Å². The Balaban J connectivity index is 0.00000144. The number of nitrogens with zero attached hydrogens (tertiary/aromatic N) is 1. The van der Waals surface area contributed by atoms with Crippen molar-refractivity contribution in [2.75, 3.05) is 32.8 Å². The summed E-state index contributed by atoms with van der Waals surface area (Å²) in [7, 11) is 0. The van der Waals surface area contributed by atoms with Crippen LogP contribution in [0, 0.1) is 5.92 Å². The first-order valence-electron chi connectivity index (χ1n) is 6.10. The molecule has 2 aliphatic heterocycles. The molecular weight excluding hydrogens is 232 g/mol. The van der Waals surface area contributed by atoms with Crippen molar-refractivity contribution in [3.63, 3.8) is 0 Å². The average molecular weight is 252 g/mol. The van der Waals surface area contributed by atoms with Gasteiger partial charge in [-0.2, -0.15) is 0 Å². The fourth-order valence-electron chi connectivity index (χ4n) is 2.49. The van der Waals surface area contributed by atoms with E-state index in [2.05, 4.69) is 4.90 Å². The van der Waals surface area contributed by atoms with Gasteiger partial charge in [0.25, 0.3) is 0 Å². The minimum Gasteiger partial charge on any atom is -0.870 e. The van der Waals surface area contributed by atoms with Crippen LogP contribution in [0.5, 0.6) is 0 Å². The van der Waals surface area contributed by atoms with Gasteiger partial charge in [0.1, 0.15) is 0 Å². The summed E-state index contributed by atoms with van der Waals surface area (Å²) in [5.41, 5.74) is -1.67. The Bertz CT molecular complexity index is 241. The van der Waals surface area contributed by atoms with Crippen molar-refractivity contribution in [1.82, 2.24) is 4.90 Å². The van der Waals surface area contributed by atoms with E-state index in [1.807, 2.05) is 0 Å². The largest absolute Gasteiger partial charge is 1.00 e. The first-order valence-corrected chi connectivity index (χ1v) is 6.10. The number of hydrogen-bond donors (Lipinski definition) is 0. The Labute approximate surface area is 120 Å². The SMILES string of the molecule is O=[C-]C1(F)CCN(CC2CCOCC2)CC1.[Li+].[OH-]. The molecule has 0 bridgehead atoms. The molecule has 0 amide bonds. The van der Waals surface area contributed by atoms with E-state index in [-0.39, 0.29) is 24.3 Å². The molecule has 0 atom stereocenters. The second-order valence-electron chi connectivity index (χ2n) is 4.92. The molecule has 0 aliphatic carbocycles. The Kier molecular flexibility index (Phi) is 8.32. The third-order valence-corrected chi connectivity index (χ3v) is 3.69. The second kappa shape index (κ2) is 8.29. The molecule has 4 nitrogen and oxygen atoms in total. The number of ether oxygens (including phenoxy) is 1. The van der Waals surface area contributed by atoms with Gasteiger partial charge in [-0.05, 0) is 44.7 Å². The van der Waals surface area contributed by atoms with E-state index in [1.165, 1.54) is 0 Å². The van der Waals surface area contributed by atoms with Gasteiger partial charge in [0, 0.05) is 25.4 Å². The molecule has 2 heterocycles. The molecule has 0 spiro atoms. The summed E-state index contributed by atoms with van der Waals surface area (Å²) in [5.74, 6) is 0.682. The third-order valence-electron chi connectivity index (χ3n) is 3.69. The van der Waals surface area contributed by atoms with Gasteiger partial charge >= 0.3 is 18.9 Å². The van der Waals surface area contributed by atoms with E-state index < -0.39 is 5.67 Å². The van der Waals surface area contributed by atoms with Crippen LogP contribution in [0.25, 0.3) is 0 Å². The summed E-state index contributed by atoms with van der Waals surface area (Å²) >= 11 is 0. The molecule has 18 heavy (non-hydrogen) atoms. The number of alkyl halides is 1. The topological polar surface area (TPSA) is 59.5 Å². The molecule has 6 heteroatoms. The van der Waals surface area contributed by atoms with Gasteiger partial charge in [-0.25, -0.2) is 6.29 Å². The van der Waals surface area contributed by atoms with E-state index in [1.54, 1.807) is 6.29 Å². The van der Waals surface area contributed by atoms with Crippen LogP contribution in [0.3, 0.4) is 0 Å². The molecule has 0 saturated carbocycles. The number of carbonyl (C=O) groups excluding carboxylic acids is 1. The standard InChI is InChI=1S/C12H19FNO2.Li.H2O/c13-12(10-15)3-5-14(6-4-12)9-11-1-7-16-8-2-11;;/h11H,1-9H2;;1H2/q-1;+1;/p-1. The number of hydrogen-bond acceptors (Lipinski definition) is 4. The van der Waals surface area contributed by atoms with Crippen molar-refractivity contribution in [2.45, 2.75) is 31.4 Å². The van der Waals surface area contributed by atoms with Crippen molar-refractivity contribution in [2.24, 2.45) is 5.92 Å². The van der Waals surface area contributed by atoms with Crippen LogP contribution in [-0.2, 0) is 9.53 Å². The smallest absolute Gasteiger partial charge is 0.870 e. The molecule has 0 aromatic carbocycles.